The molecule has 0 atom stereocenters. The quantitative estimate of drug-likeness (QED) is 0.806. The second kappa shape index (κ2) is 4.06. The molecule has 0 unspecified atom stereocenters. The monoisotopic (exact) mass is 239 g/mol. The molecule has 0 aliphatic rings. The number of fused-ring (bicyclic) bond motifs is 1. The predicted molar refractivity (Wildman–Crippen MR) is 63.6 cm³/mol. The zero-order chi connectivity index (χ0) is 11.8. The van der Waals surface area contributed by atoms with Gasteiger partial charge in [0.15, 0.2) is 0 Å². The van der Waals surface area contributed by atoms with Crippen molar-refractivity contribution >= 4 is 18.5 Å². The van der Waals surface area contributed by atoms with Crippen molar-refractivity contribution in [2.45, 2.75) is 13.5 Å². The van der Waals surface area contributed by atoms with Gasteiger partial charge in [-0.05, 0) is 18.6 Å². The lowest BCUT2D eigenvalue weighted by molar-refractivity contribution is 0.370. The van der Waals surface area contributed by atoms with E-state index in [0.717, 1.165) is 16.5 Å². The number of hydrogen-bond donors (Lipinski definition) is 2. The Bertz CT molecular complexity index is 555. The van der Waals surface area contributed by atoms with Crippen LogP contribution in [0.5, 0.6) is 0 Å². The Balaban J connectivity index is 2.35. The van der Waals surface area contributed by atoms with Gasteiger partial charge in [0.2, 0.25) is 0 Å². The van der Waals surface area contributed by atoms with E-state index in [2.05, 4.69) is 0 Å². The number of rotatable bonds is 3. The lowest BCUT2D eigenvalue weighted by Crippen LogP contribution is -2.01. The molecule has 2 N–H and O–H groups in total. The molecular weight excluding hydrogens is 225 g/mol. The highest BCUT2D eigenvalue weighted by Crippen LogP contribution is 2.34. The fourth-order valence-electron chi connectivity index (χ4n) is 1.85. The van der Waals surface area contributed by atoms with Crippen LogP contribution in [0, 0.1) is 6.92 Å². The molecule has 0 aliphatic carbocycles. The Morgan fingerprint density at radius 2 is 2.00 bits per heavy atom. The second-order valence-corrected chi connectivity index (χ2v) is 5.69. The predicted octanol–water partition coefficient (Wildman–Crippen LogP) is 2.13. The minimum atomic E-state index is -3.92. The van der Waals surface area contributed by atoms with Crippen LogP contribution in [-0.2, 0) is 11.1 Å². The van der Waals surface area contributed by atoms with Crippen molar-refractivity contribution in [3.05, 3.63) is 36.0 Å². The number of aromatic nitrogens is 1. The Morgan fingerprint density at radius 3 is 2.69 bits per heavy atom. The van der Waals surface area contributed by atoms with Gasteiger partial charge >= 0.3 is 7.60 Å². The minimum absolute atomic E-state index is 0.120. The third-order valence-electron chi connectivity index (χ3n) is 2.62. The van der Waals surface area contributed by atoms with Crippen LogP contribution in [0.4, 0.5) is 0 Å². The summed E-state index contributed by atoms with van der Waals surface area (Å²) in [6, 6.07) is 7.86. The molecule has 2 rings (SSSR count). The summed E-state index contributed by atoms with van der Waals surface area (Å²) < 4.78 is 12.7. The summed E-state index contributed by atoms with van der Waals surface area (Å²) in [6.45, 7) is 2.34. The van der Waals surface area contributed by atoms with Gasteiger partial charge in [0.25, 0.3) is 0 Å². The number of benzene rings is 1. The van der Waals surface area contributed by atoms with E-state index in [4.69, 9.17) is 9.79 Å². The average Bonchev–Trinajstić information content (AvgIpc) is 2.53. The zero-order valence-electron chi connectivity index (χ0n) is 9.00. The Hall–Kier alpha value is -1.09. The molecule has 0 spiro atoms. The third kappa shape index (κ3) is 2.35. The SMILES string of the molecule is Cc1cn(CCP(=O)(O)O)c2ccccc12. The number of hydrogen-bond acceptors (Lipinski definition) is 1. The van der Waals surface area contributed by atoms with Crippen molar-refractivity contribution in [3.8, 4) is 0 Å². The molecule has 1 heterocycles. The Morgan fingerprint density at radius 1 is 1.31 bits per heavy atom. The third-order valence-corrected chi connectivity index (χ3v) is 3.40. The van der Waals surface area contributed by atoms with Crippen LogP contribution in [0.3, 0.4) is 0 Å². The molecular formula is C11H14NO3P. The van der Waals surface area contributed by atoms with E-state index in [9.17, 15) is 4.57 Å². The number of para-hydroxylation sites is 1. The van der Waals surface area contributed by atoms with Gasteiger partial charge in [-0.25, -0.2) is 0 Å². The molecule has 0 fully saturated rings. The molecule has 2 aromatic rings. The van der Waals surface area contributed by atoms with Crippen molar-refractivity contribution in [1.29, 1.82) is 0 Å². The molecule has 0 bridgehead atoms. The van der Waals surface area contributed by atoms with Crippen LogP contribution in [0.1, 0.15) is 5.56 Å². The fraction of sp³-hybridized carbons (Fsp3) is 0.273. The highest BCUT2D eigenvalue weighted by atomic mass is 31.2. The zero-order valence-corrected chi connectivity index (χ0v) is 9.89. The lowest BCUT2D eigenvalue weighted by atomic mass is 10.2. The van der Waals surface area contributed by atoms with Gasteiger partial charge in [0.1, 0.15) is 0 Å². The molecule has 16 heavy (non-hydrogen) atoms. The maximum Gasteiger partial charge on any atom is 0.327 e. The standard InChI is InChI=1S/C11H14NO3P/c1-9-8-12(6-7-16(13,14)15)11-5-3-2-4-10(9)11/h2-5,8H,6-7H2,1H3,(H2,13,14,15). The molecule has 0 saturated heterocycles. The summed E-state index contributed by atoms with van der Waals surface area (Å²) in [5, 5.41) is 1.13. The van der Waals surface area contributed by atoms with Crippen molar-refractivity contribution < 1.29 is 14.4 Å². The van der Waals surface area contributed by atoms with Gasteiger partial charge in [-0.15, -0.1) is 0 Å². The van der Waals surface area contributed by atoms with E-state index >= 15 is 0 Å². The largest absolute Gasteiger partial charge is 0.347 e. The van der Waals surface area contributed by atoms with Crippen LogP contribution in [-0.4, -0.2) is 20.5 Å². The van der Waals surface area contributed by atoms with Gasteiger partial charge < -0.3 is 14.4 Å². The second-order valence-electron chi connectivity index (χ2n) is 3.91. The summed E-state index contributed by atoms with van der Waals surface area (Å²) in [5.74, 6) is 0. The number of aryl methyl sites for hydroxylation is 2. The van der Waals surface area contributed by atoms with Gasteiger partial charge in [0.05, 0.1) is 6.16 Å². The van der Waals surface area contributed by atoms with Crippen molar-refractivity contribution in [3.63, 3.8) is 0 Å². The summed E-state index contributed by atoms with van der Waals surface area (Å²) in [7, 11) is -3.92. The lowest BCUT2D eigenvalue weighted by Gasteiger charge is -2.06. The van der Waals surface area contributed by atoms with Gasteiger partial charge in [-0.3, -0.25) is 4.57 Å². The molecule has 1 aromatic heterocycles. The Labute approximate surface area is 93.7 Å². The topological polar surface area (TPSA) is 62.5 Å². The first-order chi connectivity index (χ1) is 7.47. The molecule has 0 radical (unpaired) electrons. The summed E-state index contributed by atoms with van der Waals surface area (Å²) in [4.78, 5) is 17.7. The van der Waals surface area contributed by atoms with E-state index in [1.165, 1.54) is 0 Å². The van der Waals surface area contributed by atoms with Gasteiger partial charge in [-0.2, -0.15) is 0 Å². The number of nitrogens with zero attached hydrogens (tertiary/aromatic N) is 1. The highest BCUT2D eigenvalue weighted by Gasteiger charge is 2.13. The fourth-order valence-corrected chi connectivity index (χ4v) is 2.33. The first kappa shape index (κ1) is 11.4. The van der Waals surface area contributed by atoms with Crippen molar-refractivity contribution in [2.24, 2.45) is 0 Å². The van der Waals surface area contributed by atoms with E-state index in [1.54, 1.807) is 0 Å². The average molecular weight is 239 g/mol. The first-order valence-corrected chi connectivity index (χ1v) is 6.86. The van der Waals surface area contributed by atoms with Gasteiger partial charge in [0, 0.05) is 23.6 Å². The van der Waals surface area contributed by atoms with E-state index in [1.807, 2.05) is 42.0 Å². The molecule has 0 amide bonds. The molecule has 4 nitrogen and oxygen atoms in total. The molecule has 0 saturated carbocycles. The van der Waals surface area contributed by atoms with E-state index < -0.39 is 7.60 Å². The van der Waals surface area contributed by atoms with Crippen LogP contribution in [0.25, 0.3) is 10.9 Å². The van der Waals surface area contributed by atoms with Crippen LogP contribution < -0.4 is 0 Å². The first-order valence-electron chi connectivity index (χ1n) is 5.06. The molecule has 1 aromatic carbocycles. The summed E-state index contributed by atoms with van der Waals surface area (Å²) >= 11 is 0. The molecule has 5 heteroatoms. The van der Waals surface area contributed by atoms with Crippen molar-refractivity contribution in [2.75, 3.05) is 6.16 Å². The summed E-state index contributed by atoms with van der Waals surface area (Å²) in [6.07, 6.45) is 1.81. The maximum absolute atomic E-state index is 10.8. The molecule has 86 valence electrons. The highest BCUT2D eigenvalue weighted by molar-refractivity contribution is 7.51. The van der Waals surface area contributed by atoms with E-state index in [-0.39, 0.29) is 6.16 Å². The maximum atomic E-state index is 10.8. The van der Waals surface area contributed by atoms with Crippen LogP contribution >= 0.6 is 7.60 Å². The summed E-state index contributed by atoms with van der Waals surface area (Å²) in [5.41, 5.74) is 2.15. The van der Waals surface area contributed by atoms with Crippen LogP contribution in [0.2, 0.25) is 0 Å². The van der Waals surface area contributed by atoms with E-state index in [0.29, 0.717) is 6.54 Å². The van der Waals surface area contributed by atoms with Crippen LogP contribution in [0.15, 0.2) is 30.5 Å². The van der Waals surface area contributed by atoms with Gasteiger partial charge in [-0.1, -0.05) is 18.2 Å². The minimum Gasteiger partial charge on any atom is -0.347 e. The Kier molecular flexibility index (Phi) is 2.89. The smallest absolute Gasteiger partial charge is 0.327 e. The van der Waals surface area contributed by atoms with Crippen molar-refractivity contribution in [1.82, 2.24) is 4.57 Å². The molecule has 0 aliphatic heterocycles. The normalized spacial score (nSPS) is 12.2.